The second-order valence-corrected chi connectivity index (χ2v) is 7.04. The van der Waals surface area contributed by atoms with E-state index in [-0.39, 0.29) is 11.8 Å². The van der Waals surface area contributed by atoms with Crippen molar-refractivity contribution < 1.29 is 4.79 Å². The molecule has 0 N–H and O–H groups in total. The van der Waals surface area contributed by atoms with Crippen molar-refractivity contribution in [2.75, 3.05) is 0 Å². The van der Waals surface area contributed by atoms with Gasteiger partial charge in [-0.25, -0.2) is 0 Å². The standard InChI is InChI=1S/C17H23N3OS/c1-11(16-12(2)18-19(4)13(16)3)17(21)20(15-5-6-15)9-14-7-8-22-10-14/h7-8,10-11,15H,5-6,9H2,1-4H3/t11-/m1/s1. The fraction of sp³-hybridized carbons (Fsp3) is 0.529. The maximum Gasteiger partial charge on any atom is 0.230 e. The van der Waals surface area contributed by atoms with E-state index < -0.39 is 0 Å². The van der Waals surface area contributed by atoms with E-state index in [1.807, 2.05) is 32.5 Å². The van der Waals surface area contributed by atoms with Crippen LogP contribution >= 0.6 is 11.3 Å². The van der Waals surface area contributed by atoms with Gasteiger partial charge in [0.1, 0.15) is 0 Å². The highest BCUT2D eigenvalue weighted by Crippen LogP contribution is 2.33. The summed E-state index contributed by atoms with van der Waals surface area (Å²) in [5.41, 5.74) is 4.37. The summed E-state index contributed by atoms with van der Waals surface area (Å²) in [7, 11) is 1.94. The summed E-state index contributed by atoms with van der Waals surface area (Å²) in [6.07, 6.45) is 2.27. The van der Waals surface area contributed by atoms with Crippen LogP contribution in [0.3, 0.4) is 0 Å². The minimum atomic E-state index is -0.132. The highest BCUT2D eigenvalue weighted by molar-refractivity contribution is 7.07. The van der Waals surface area contributed by atoms with Gasteiger partial charge in [0, 0.05) is 30.9 Å². The lowest BCUT2D eigenvalue weighted by Crippen LogP contribution is -2.35. The van der Waals surface area contributed by atoms with Crippen molar-refractivity contribution in [3.63, 3.8) is 0 Å². The van der Waals surface area contributed by atoms with Crippen LogP contribution in [-0.2, 0) is 18.4 Å². The molecule has 1 aliphatic rings. The third-order valence-corrected chi connectivity index (χ3v) is 5.30. The van der Waals surface area contributed by atoms with E-state index in [0.29, 0.717) is 6.04 Å². The zero-order chi connectivity index (χ0) is 15.9. The molecule has 0 aliphatic heterocycles. The van der Waals surface area contributed by atoms with Crippen molar-refractivity contribution in [1.29, 1.82) is 0 Å². The third-order valence-electron chi connectivity index (χ3n) is 4.57. The van der Waals surface area contributed by atoms with Gasteiger partial charge < -0.3 is 4.90 Å². The van der Waals surface area contributed by atoms with Crippen molar-refractivity contribution in [3.05, 3.63) is 39.3 Å². The van der Waals surface area contributed by atoms with Crippen LogP contribution in [0.25, 0.3) is 0 Å². The Morgan fingerprint density at radius 1 is 1.50 bits per heavy atom. The van der Waals surface area contributed by atoms with Crippen LogP contribution in [-0.4, -0.2) is 26.6 Å². The van der Waals surface area contributed by atoms with Gasteiger partial charge in [-0.3, -0.25) is 9.48 Å². The first-order valence-corrected chi connectivity index (χ1v) is 8.75. The molecule has 5 heteroatoms. The first-order chi connectivity index (χ1) is 10.5. The number of amides is 1. The first kappa shape index (κ1) is 15.3. The van der Waals surface area contributed by atoms with Crippen molar-refractivity contribution in [3.8, 4) is 0 Å². The fourth-order valence-corrected chi connectivity index (χ4v) is 3.80. The molecule has 1 saturated carbocycles. The molecule has 2 heterocycles. The smallest absolute Gasteiger partial charge is 0.230 e. The molecule has 1 amide bonds. The van der Waals surface area contributed by atoms with E-state index in [2.05, 4.69) is 26.8 Å². The molecule has 1 fully saturated rings. The summed E-state index contributed by atoms with van der Waals surface area (Å²) in [5.74, 6) is 0.0980. The van der Waals surface area contributed by atoms with Gasteiger partial charge >= 0.3 is 0 Å². The maximum absolute atomic E-state index is 13.1. The Labute approximate surface area is 135 Å². The second kappa shape index (κ2) is 5.88. The molecule has 1 atom stereocenters. The predicted molar refractivity (Wildman–Crippen MR) is 89.0 cm³/mol. The van der Waals surface area contributed by atoms with E-state index in [9.17, 15) is 4.79 Å². The summed E-state index contributed by atoms with van der Waals surface area (Å²) >= 11 is 1.69. The summed E-state index contributed by atoms with van der Waals surface area (Å²) in [6, 6.07) is 2.53. The summed E-state index contributed by atoms with van der Waals surface area (Å²) in [4.78, 5) is 15.1. The topological polar surface area (TPSA) is 38.1 Å². The van der Waals surface area contributed by atoms with Crippen LogP contribution in [0.1, 0.15) is 48.2 Å². The van der Waals surface area contributed by atoms with Gasteiger partial charge in [-0.05, 0) is 56.0 Å². The Kier molecular flexibility index (Phi) is 4.08. The lowest BCUT2D eigenvalue weighted by molar-refractivity contribution is -0.133. The lowest BCUT2D eigenvalue weighted by atomic mass is 9.97. The molecular weight excluding hydrogens is 294 g/mol. The van der Waals surface area contributed by atoms with E-state index >= 15 is 0 Å². The molecule has 0 saturated heterocycles. The Morgan fingerprint density at radius 2 is 2.23 bits per heavy atom. The lowest BCUT2D eigenvalue weighted by Gasteiger charge is -2.26. The van der Waals surface area contributed by atoms with Crippen LogP contribution in [0, 0.1) is 13.8 Å². The largest absolute Gasteiger partial charge is 0.335 e. The normalized spacial score (nSPS) is 15.8. The van der Waals surface area contributed by atoms with Gasteiger partial charge in [-0.15, -0.1) is 0 Å². The molecule has 0 aromatic carbocycles. The van der Waals surface area contributed by atoms with Gasteiger partial charge in [0.05, 0.1) is 11.6 Å². The molecule has 22 heavy (non-hydrogen) atoms. The molecule has 0 spiro atoms. The number of hydrogen-bond acceptors (Lipinski definition) is 3. The molecule has 1 aliphatic carbocycles. The van der Waals surface area contributed by atoms with Crippen molar-refractivity contribution in [2.24, 2.45) is 7.05 Å². The number of hydrogen-bond donors (Lipinski definition) is 0. The van der Waals surface area contributed by atoms with Gasteiger partial charge in [-0.2, -0.15) is 16.4 Å². The minimum absolute atomic E-state index is 0.132. The highest BCUT2D eigenvalue weighted by atomic mass is 32.1. The Hall–Kier alpha value is -1.62. The number of aromatic nitrogens is 2. The molecular formula is C17H23N3OS. The van der Waals surface area contributed by atoms with Gasteiger partial charge in [0.25, 0.3) is 0 Å². The van der Waals surface area contributed by atoms with Crippen LogP contribution in [0.2, 0.25) is 0 Å². The molecule has 4 nitrogen and oxygen atoms in total. The van der Waals surface area contributed by atoms with Gasteiger partial charge in [0.2, 0.25) is 5.91 Å². The van der Waals surface area contributed by atoms with Crippen LogP contribution in [0.15, 0.2) is 16.8 Å². The predicted octanol–water partition coefficient (Wildman–Crippen LogP) is 3.39. The van der Waals surface area contributed by atoms with Crippen molar-refractivity contribution in [2.45, 2.75) is 52.1 Å². The average molecular weight is 317 g/mol. The first-order valence-electron chi connectivity index (χ1n) is 7.80. The number of thiophene rings is 1. The number of aryl methyl sites for hydroxylation is 2. The second-order valence-electron chi connectivity index (χ2n) is 6.26. The van der Waals surface area contributed by atoms with E-state index in [1.54, 1.807) is 11.3 Å². The van der Waals surface area contributed by atoms with Crippen LogP contribution in [0.4, 0.5) is 0 Å². The SMILES string of the molecule is Cc1nn(C)c(C)c1[C@@H](C)C(=O)N(Cc1ccsc1)C1CC1. The molecule has 118 valence electrons. The van der Waals surface area contributed by atoms with Crippen molar-refractivity contribution in [1.82, 2.24) is 14.7 Å². The van der Waals surface area contributed by atoms with Crippen LogP contribution < -0.4 is 0 Å². The Morgan fingerprint density at radius 3 is 2.73 bits per heavy atom. The zero-order valence-corrected chi connectivity index (χ0v) is 14.5. The minimum Gasteiger partial charge on any atom is -0.335 e. The van der Waals surface area contributed by atoms with E-state index in [0.717, 1.165) is 36.3 Å². The van der Waals surface area contributed by atoms with Gasteiger partial charge in [0.15, 0.2) is 0 Å². The molecule has 3 rings (SSSR count). The number of nitrogens with zero attached hydrogens (tertiary/aromatic N) is 3. The van der Waals surface area contributed by atoms with Crippen LogP contribution in [0.5, 0.6) is 0 Å². The molecule has 2 aromatic rings. The molecule has 0 unspecified atom stereocenters. The average Bonchev–Trinajstić information content (AvgIpc) is 3.13. The third kappa shape index (κ3) is 2.82. The summed E-state index contributed by atoms with van der Waals surface area (Å²) in [5, 5.41) is 8.66. The van der Waals surface area contributed by atoms with Crippen molar-refractivity contribution >= 4 is 17.2 Å². The summed E-state index contributed by atoms with van der Waals surface area (Å²) < 4.78 is 1.87. The fourth-order valence-electron chi connectivity index (χ4n) is 3.14. The van der Waals surface area contributed by atoms with Gasteiger partial charge in [-0.1, -0.05) is 0 Å². The Balaban J connectivity index is 1.83. The highest BCUT2D eigenvalue weighted by Gasteiger charge is 2.36. The zero-order valence-electron chi connectivity index (χ0n) is 13.7. The monoisotopic (exact) mass is 317 g/mol. The maximum atomic E-state index is 13.1. The number of carbonyl (C=O) groups is 1. The quantitative estimate of drug-likeness (QED) is 0.848. The molecule has 0 radical (unpaired) electrons. The summed E-state index contributed by atoms with van der Waals surface area (Å²) in [6.45, 7) is 6.78. The molecule has 0 bridgehead atoms. The number of rotatable bonds is 5. The Bertz CT molecular complexity index is 670. The van der Waals surface area contributed by atoms with E-state index in [4.69, 9.17) is 0 Å². The molecule has 2 aromatic heterocycles. The van der Waals surface area contributed by atoms with E-state index in [1.165, 1.54) is 5.56 Å². The number of carbonyl (C=O) groups excluding carboxylic acids is 1.